The number of hydrogen-bond acceptors (Lipinski definition) is 3. The van der Waals surface area contributed by atoms with Crippen molar-refractivity contribution >= 4 is 0 Å². The molecule has 114 valence electrons. The van der Waals surface area contributed by atoms with Crippen molar-refractivity contribution in [3.8, 4) is 5.75 Å². The molecule has 21 heavy (non-hydrogen) atoms. The molecule has 2 rings (SSSR count). The lowest BCUT2D eigenvalue weighted by Gasteiger charge is -2.13. The van der Waals surface area contributed by atoms with Gasteiger partial charge in [-0.15, -0.1) is 0 Å². The Kier molecular flexibility index (Phi) is 4.96. The first-order valence-corrected chi connectivity index (χ1v) is 7.18. The molecule has 1 aromatic heterocycles. The van der Waals surface area contributed by atoms with Crippen LogP contribution in [-0.4, -0.2) is 16.9 Å². The van der Waals surface area contributed by atoms with Crippen LogP contribution in [0.2, 0.25) is 0 Å². The summed E-state index contributed by atoms with van der Waals surface area (Å²) in [6.45, 7) is 4.23. The standard InChI is InChI=1S/C16H22FN3O/c1-4-11(2)20-8-7-12(19-20)9-16(18)14-6-5-13(21-3)10-15(14)17/h5-8,10-11,16H,4,9,18H2,1-3H3. The maximum absolute atomic E-state index is 14.0. The number of ether oxygens (including phenoxy) is 1. The van der Waals surface area contributed by atoms with Gasteiger partial charge >= 0.3 is 0 Å². The first-order valence-electron chi connectivity index (χ1n) is 7.18. The average molecular weight is 291 g/mol. The van der Waals surface area contributed by atoms with Gasteiger partial charge in [0.1, 0.15) is 11.6 Å². The van der Waals surface area contributed by atoms with Crippen molar-refractivity contribution in [2.45, 2.75) is 38.8 Å². The molecule has 0 radical (unpaired) electrons. The summed E-state index contributed by atoms with van der Waals surface area (Å²) in [4.78, 5) is 0. The third kappa shape index (κ3) is 3.61. The second-order valence-corrected chi connectivity index (χ2v) is 5.24. The number of methoxy groups -OCH3 is 1. The fourth-order valence-corrected chi connectivity index (χ4v) is 2.19. The maximum Gasteiger partial charge on any atom is 0.131 e. The van der Waals surface area contributed by atoms with Gasteiger partial charge in [0.25, 0.3) is 0 Å². The average Bonchev–Trinajstić information content (AvgIpc) is 2.94. The van der Waals surface area contributed by atoms with E-state index >= 15 is 0 Å². The van der Waals surface area contributed by atoms with Crippen molar-refractivity contribution in [2.24, 2.45) is 5.73 Å². The third-order valence-corrected chi connectivity index (χ3v) is 3.74. The molecule has 2 unspecified atom stereocenters. The molecular weight excluding hydrogens is 269 g/mol. The van der Waals surface area contributed by atoms with E-state index in [-0.39, 0.29) is 5.82 Å². The van der Waals surface area contributed by atoms with Gasteiger partial charge in [0.15, 0.2) is 0 Å². The summed E-state index contributed by atoms with van der Waals surface area (Å²) in [6, 6.07) is 6.62. The maximum atomic E-state index is 14.0. The van der Waals surface area contributed by atoms with Crippen molar-refractivity contribution < 1.29 is 9.13 Å². The quantitative estimate of drug-likeness (QED) is 0.889. The Labute approximate surface area is 124 Å². The molecule has 0 spiro atoms. The predicted molar refractivity (Wildman–Crippen MR) is 80.8 cm³/mol. The van der Waals surface area contributed by atoms with Crippen LogP contribution < -0.4 is 10.5 Å². The van der Waals surface area contributed by atoms with Crippen LogP contribution >= 0.6 is 0 Å². The van der Waals surface area contributed by atoms with Crippen molar-refractivity contribution in [3.05, 3.63) is 47.5 Å². The number of rotatable bonds is 6. The zero-order valence-electron chi connectivity index (χ0n) is 12.7. The third-order valence-electron chi connectivity index (χ3n) is 3.74. The van der Waals surface area contributed by atoms with Gasteiger partial charge in [-0.25, -0.2) is 4.39 Å². The lowest BCUT2D eigenvalue weighted by molar-refractivity contribution is 0.410. The van der Waals surface area contributed by atoms with Gasteiger partial charge < -0.3 is 10.5 Å². The second-order valence-electron chi connectivity index (χ2n) is 5.24. The zero-order valence-corrected chi connectivity index (χ0v) is 12.7. The second kappa shape index (κ2) is 6.72. The van der Waals surface area contributed by atoms with E-state index in [0.717, 1.165) is 12.1 Å². The first-order chi connectivity index (χ1) is 10.0. The summed E-state index contributed by atoms with van der Waals surface area (Å²) < 4.78 is 20.9. The highest BCUT2D eigenvalue weighted by Crippen LogP contribution is 2.23. The molecule has 0 fully saturated rings. The van der Waals surface area contributed by atoms with Crippen LogP contribution in [0.15, 0.2) is 30.5 Å². The van der Waals surface area contributed by atoms with Crippen LogP contribution in [0.1, 0.15) is 43.6 Å². The monoisotopic (exact) mass is 291 g/mol. The Hall–Kier alpha value is -1.88. The Balaban J connectivity index is 2.10. The molecule has 0 amide bonds. The van der Waals surface area contributed by atoms with Gasteiger partial charge in [-0.3, -0.25) is 4.68 Å². The molecule has 0 saturated heterocycles. The summed E-state index contributed by atoms with van der Waals surface area (Å²) in [6.07, 6.45) is 3.47. The Morgan fingerprint density at radius 1 is 1.38 bits per heavy atom. The molecule has 1 heterocycles. The summed E-state index contributed by atoms with van der Waals surface area (Å²) in [7, 11) is 1.51. The van der Waals surface area contributed by atoms with Crippen LogP contribution in [0, 0.1) is 5.82 Å². The summed E-state index contributed by atoms with van der Waals surface area (Å²) in [5, 5.41) is 4.50. The van der Waals surface area contributed by atoms with Crippen LogP contribution in [0.3, 0.4) is 0 Å². The lowest BCUT2D eigenvalue weighted by Crippen LogP contribution is -2.16. The van der Waals surface area contributed by atoms with Crippen molar-refractivity contribution in [2.75, 3.05) is 7.11 Å². The van der Waals surface area contributed by atoms with Crippen LogP contribution in [-0.2, 0) is 6.42 Å². The topological polar surface area (TPSA) is 53.1 Å². The SMILES string of the molecule is CCC(C)n1ccc(CC(N)c2ccc(OC)cc2F)n1. The lowest BCUT2D eigenvalue weighted by atomic mass is 10.0. The molecule has 0 saturated carbocycles. The van der Waals surface area contributed by atoms with Crippen LogP contribution in [0.5, 0.6) is 5.75 Å². The molecule has 0 aliphatic heterocycles. The van der Waals surface area contributed by atoms with E-state index in [9.17, 15) is 4.39 Å². The Morgan fingerprint density at radius 3 is 2.76 bits per heavy atom. The van der Waals surface area contributed by atoms with Crippen molar-refractivity contribution in [1.29, 1.82) is 0 Å². The van der Waals surface area contributed by atoms with Crippen LogP contribution in [0.4, 0.5) is 4.39 Å². The molecule has 2 atom stereocenters. The smallest absolute Gasteiger partial charge is 0.131 e. The molecule has 2 N–H and O–H groups in total. The summed E-state index contributed by atoms with van der Waals surface area (Å²) in [5.41, 5.74) is 7.46. The highest BCUT2D eigenvalue weighted by molar-refractivity contribution is 5.31. The fourth-order valence-electron chi connectivity index (χ4n) is 2.19. The number of nitrogens with zero attached hydrogens (tertiary/aromatic N) is 2. The summed E-state index contributed by atoms with van der Waals surface area (Å²) in [5.74, 6) is 0.146. The minimum absolute atomic E-state index is 0.344. The number of nitrogens with two attached hydrogens (primary N) is 1. The van der Waals surface area contributed by atoms with Crippen molar-refractivity contribution in [1.82, 2.24) is 9.78 Å². The molecule has 5 heteroatoms. The highest BCUT2D eigenvalue weighted by Gasteiger charge is 2.15. The van der Waals surface area contributed by atoms with E-state index in [4.69, 9.17) is 10.5 Å². The molecule has 0 bridgehead atoms. The van der Waals surface area contributed by atoms with Gasteiger partial charge in [0, 0.05) is 36.3 Å². The van der Waals surface area contributed by atoms with Gasteiger partial charge in [-0.05, 0) is 25.5 Å². The van der Waals surface area contributed by atoms with Gasteiger partial charge in [-0.2, -0.15) is 5.10 Å². The predicted octanol–water partition coefficient (Wildman–Crippen LogP) is 3.24. The van der Waals surface area contributed by atoms with E-state index in [1.807, 2.05) is 16.9 Å². The minimum atomic E-state index is -0.420. The minimum Gasteiger partial charge on any atom is -0.497 e. The Bertz CT molecular complexity index is 597. The van der Waals surface area contributed by atoms with E-state index in [1.165, 1.54) is 13.2 Å². The number of aromatic nitrogens is 2. The molecule has 2 aromatic rings. The highest BCUT2D eigenvalue weighted by atomic mass is 19.1. The number of benzene rings is 1. The summed E-state index contributed by atoms with van der Waals surface area (Å²) >= 11 is 0. The molecule has 4 nitrogen and oxygen atoms in total. The first kappa shape index (κ1) is 15.5. The van der Waals surface area contributed by atoms with E-state index in [1.54, 1.807) is 12.1 Å². The van der Waals surface area contributed by atoms with Gasteiger partial charge in [0.2, 0.25) is 0 Å². The molecule has 0 aliphatic rings. The Morgan fingerprint density at radius 2 is 2.14 bits per heavy atom. The van der Waals surface area contributed by atoms with Crippen molar-refractivity contribution in [3.63, 3.8) is 0 Å². The molecule has 1 aromatic carbocycles. The molecular formula is C16H22FN3O. The number of halogens is 1. The van der Waals surface area contributed by atoms with E-state index in [0.29, 0.717) is 23.8 Å². The van der Waals surface area contributed by atoms with E-state index < -0.39 is 6.04 Å². The van der Waals surface area contributed by atoms with Gasteiger partial charge in [-0.1, -0.05) is 13.0 Å². The van der Waals surface area contributed by atoms with Crippen LogP contribution in [0.25, 0.3) is 0 Å². The number of hydrogen-bond donors (Lipinski definition) is 1. The fraction of sp³-hybridized carbons (Fsp3) is 0.438. The van der Waals surface area contributed by atoms with Gasteiger partial charge in [0.05, 0.1) is 12.8 Å². The molecule has 0 aliphatic carbocycles. The normalized spacial score (nSPS) is 14.0. The largest absolute Gasteiger partial charge is 0.497 e. The zero-order chi connectivity index (χ0) is 15.4. The van der Waals surface area contributed by atoms with E-state index in [2.05, 4.69) is 18.9 Å².